The van der Waals surface area contributed by atoms with Gasteiger partial charge in [0.15, 0.2) is 21.6 Å². The first-order valence-electron chi connectivity index (χ1n) is 9.47. The molecule has 3 aromatic rings. The fourth-order valence-electron chi connectivity index (χ4n) is 2.82. The molecule has 31 heavy (non-hydrogen) atoms. The zero-order valence-corrected chi connectivity index (χ0v) is 18.0. The molecule has 0 spiro atoms. The maximum Gasteiger partial charge on any atom is 0.276 e. The quantitative estimate of drug-likeness (QED) is 0.396. The van der Waals surface area contributed by atoms with Crippen molar-refractivity contribution in [2.45, 2.75) is 18.7 Å². The Morgan fingerprint density at radius 2 is 2.03 bits per heavy atom. The number of hydrogen-bond acceptors (Lipinski definition) is 7. The van der Waals surface area contributed by atoms with Crippen molar-refractivity contribution < 1.29 is 17.3 Å². The summed E-state index contributed by atoms with van der Waals surface area (Å²) in [4.78, 5) is 12.6. The van der Waals surface area contributed by atoms with Crippen LogP contribution in [0.15, 0.2) is 52.1 Å². The molecule has 3 rings (SSSR count). The SMILES string of the molecule is CN=C(NCCc1noc(-c2ccccn2)n1)NCc1cc(F)ccc1CS(C)(=O)=O. The highest BCUT2D eigenvalue weighted by molar-refractivity contribution is 7.89. The molecule has 1 aromatic carbocycles. The Balaban J connectivity index is 1.54. The van der Waals surface area contributed by atoms with E-state index in [9.17, 15) is 12.8 Å². The third-order valence-corrected chi connectivity index (χ3v) is 5.08. The lowest BCUT2D eigenvalue weighted by atomic mass is 10.1. The van der Waals surface area contributed by atoms with Gasteiger partial charge in [0.25, 0.3) is 5.89 Å². The van der Waals surface area contributed by atoms with Gasteiger partial charge < -0.3 is 15.2 Å². The van der Waals surface area contributed by atoms with Gasteiger partial charge in [-0.05, 0) is 35.4 Å². The number of rotatable bonds is 8. The number of benzene rings is 1. The largest absolute Gasteiger partial charge is 0.356 e. The third kappa shape index (κ3) is 6.85. The van der Waals surface area contributed by atoms with Crippen molar-refractivity contribution in [3.05, 3.63) is 65.4 Å². The number of sulfone groups is 1. The fourth-order valence-corrected chi connectivity index (χ4v) is 3.67. The molecular weight excluding hydrogens is 423 g/mol. The van der Waals surface area contributed by atoms with Gasteiger partial charge in [-0.2, -0.15) is 4.98 Å². The minimum atomic E-state index is -3.24. The molecule has 9 nitrogen and oxygen atoms in total. The maximum atomic E-state index is 13.7. The normalized spacial score (nSPS) is 12.0. The smallest absolute Gasteiger partial charge is 0.276 e. The van der Waals surface area contributed by atoms with E-state index in [4.69, 9.17) is 4.52 Å². The first-order valence-corrected chi connectivity index (χ1v) is 11.5. The first kappa shape index (κ1) is 22.3. The number of aliphatic imine (C=N–C) groups is 1. The van der Waals surface area contributed by atoms with Crippen LogP contribution >= 0.6 is 0 Å². The molecule has 11 heteroatoms. The Labute approximate surface area is 179 Å². The van der Waals surface area contributed by atoms with Crippen LogP contribution in [-0.4, -0.2) is 49.4 Å². The van der Waals surface area contributed by atoms with Crippen molar-refractivity contribution >= 4 is 15.8 Å². The van der Waals surface area contributed by atoms with E-state index in [1.54, 1.807) is 25.4 Å². The molecule has 2 heterocycles. The predicted octanol–water partition coefficient (Wildman–Crippen LogP) is 1.72. The van der Waals surface area contributed by atoms with Crippen LogP contribution in [0.25, 0.3) is 11.6 Å². The van der Waals surface area contributed by atoms with Gasteiger partial charge in [0, 0.05) is 39.0 Å². The molecule has 0 unspecified atom stereocenters. The van der Waals surface area contributed by atoms with Crippen LogP contribution in [-0.2, 0) is 28.6 Å². The number of guanidine groups is 1. The van der Waals surface area contributed by atoms with Gasteiger partial charge in [0.05, 0.1) is 5.75 Å². The van der Waals surface area contributed by atoms with Crippen LogP contribution in [0, 0.1) is 5.82 Å². The Bertz CT molecular complexity index is 1150. The number of aromatic nitrogens is 3. The molecule has 0 atom stereocenters. The summed E-state index contributed by atoms with van der Waals surface area (Å²) in [5.41, 5.74) is 1.69. The number of nitrogens with one attached hydrogen (secondary N) is 2. The van der Waals surface area contributed by atoms with Crippen LogP contribution in [0.1, 0.15) is 17.0 Å². The second-order valence-electron chi connectivity index (χ2n) is 6.82. The number of pyridine rings is 1. The van der Waals surface area contributed by atoms with Gasteiger partial charge in [-0.3, -0.25) is 9.98 Å². The van der Waals surface area contributed by atoms with Crippen LogP contribution in [0.5, 0.6) is 0 Å². The third-order valence-electron chi connectivity index (χ3n) is 4.25. The predicted molar refractivity (Wildman–Crippen MR) is 114 cm³/mol. The molecule has 0 bridgehead atoms. The molecule has 2 N–H and O–H groups in total. The highest BCUT2D eigenvalue weighted by Gasteiger charge is 2.12. The van der Waals surface area contributed by atoms with Crippen molar-refractivity contribution in [3.8, 4) is 11.6 Å². The summed E-state index contributed by atoms with van der Waals surface area (Å²) in [5, 5.41) is 10.1. The minimum absolute atomic E-state index is 0.160. The average Bonchev–Trinajstić information content (AvgIpc) is 3.21. The van der Waals surface area contributed by atoms with Crippen LogP contribution in [0.3, 0.4) is 0 Å². The van der Waals surface area contributed by atoms with Crippen molar-refractivity contribution in [2.75, 3.05) is 19.8 Å². The fraction of sp³-hybridized carbons (Fsp3) is 0.300. The van der Waals surface area contributed by atoms with Crippen molar-refractivity contribution in [1.82, 2.24) is 25.8 Å². The van der Waals surface area contributed by atoms with Gasteiger partial charge >= 0.3 is 0 Å². The topological polar surface area (TPSA) is 122 Å². The molecule has 2 aromatic heterocycles. The zero-order chi connectivity index (χ0) is 22.3. The first-order chi connectivity index (χ1) is 14.8. The van der Waals surface area contributed by atoms with Gasteiger partial charge in [0.2, 0.25) is 0 Å². The molecule has 0 fully saturated rings. The second-order valence-corrected chi connectivity index (χ2v) is 8.96. The monoisotopic (exact) mass is 446 g/mol. The highest BCUT2D eigenvalue weighted by atomic mass is 32.2. The van der Waals surface area contributed by atoms with Crippen molar-refractivity contribution in [2.24, 2.45) is 4.99 Å². The van der Waals surface area contributed by atoms with E-state index >= 15 is 0 Å². The van der Waals surface area contributed by atoms with E-state index in [-0.39, 0.29) is 12.3 Å². The van der Waals surface area contributed by atoms with Crippen LogP contribution in [0.2, 0.25) is 0 Å². The number of halogens is 1. The molecule has 0 aliphatic carbocycles. The van der Waals surface area contributed by atoms with Crippen molar-refractivity contribution in [3.63, 3.8) is 0 Å². The number of hydrogen-bond donors (Lipinski definition) is 2. The van der Waals surface area contributed by atoms with E-state index < -0.39 is 15.7 Å². The standard InChI is InChI=1S/C20H23FN6O3S/c1-22-20(25-12-15-11-16(21)7-6-14(15)13-31(2,28)29)24-10-8-18-26-19(30-27-18)17-5-3-4-9-23-17/h3-7,9,11H,8,10,12-13H2,1-2H3,(H2,22,24,25). The lowest BCUT2D eigenvalue weighted by molar-refractivity contribution is 0.421. The average molecular weight is 447 g/mol. The minimum Gasteiger partial charge on any atom is -0.356 e. The zero-order valence-electron chi connectivity index (χ0n) is 17.2. The Kier molecular flexibility index (Phi) is 7.29. The lowest BCUT2D eigenvalue weighted by Gasteiger charge is -2.14. The Hall–Kier alpha value is -3.34. The summed E-state index contributed by atoms with van der Waals surface area (Å²) in [7, 11) is -1.64. The summed E-state index contributed by atoms with van der Waals surface area (Å²) >= 11 is 0. The second kappa shape index (κ2) is 10.1. The molecule has 0 aliphatic rings. The Morgan fingerprint density at radius 1 is 1.19 bits per heavy atom. The van der Waals surface area contributed by atoms with Gasteiger partial charge in [-0.15, -0.1) is 0 Å². The van der Waals surface area contributed by atoms with Crippen LogP contribution < -0.4 is 10.6 Å². The summed E-state index contributed by atoms with van der Waals surface area (Å²) < 4.78 is 42.1. The van der Waals surface area contributed by atoms with E-state index in [0.29, 0.717) is 47.5 Å². The molecule has 0 radical (unpaired) electrons. The van der Waals surface area contributed by atoms with E-state index in [1.807, 2.05) is 6.07 Å². The van der Waals surface area contributed by atoms with Gasteiger partial charge in [-0.1, -0.05) is 17.3 Å². The Morgan fingerprint density at radius 3 is 2.74 bits per heavy atom. The van der Waals surface area contributed by atoms with E-state index in [1.165, 1.54) is 18.2 Å². The van der Waals surface area contributed by atoms with E-state index in [2.05, 4.69) is 30.8 Å². The molecule has 0 amide bonds. The van der Waals surface area contributed by atoms with Crippen LogP contribution in [0.4, 0.5) is 4.39 Å². The number of nitrogens with zero attached hydrogens (tertiary/aromatic N) is 4. The molecule has 0 aliphatic heterocycles. The van der Waals surface area contributed by atoms with Gasteiger partial charge in [0.1, 0.15) is 11.5 Å². The molecule has 164 valence electrons. The molecule has 0 saturated heterocycles. The van der Waals surface area contributed by atoms with E-state index in [0.717, 1.165) is 6.26 Å². The maximum absolute atomic E-state index is 13.7. The molecule has 0 saturated carbocycles. The lowest BCUT2D eigenvalue weighted by Crippen LogP contribution is -2.38. The summed E-state index contributed by atoms with van der Waals surface area (Å²) in [6.07, 6.45) is 3.28. The molecular formula is C20H23FN6O3S. The summed E-state index contributed by atoms with van der Waals surface area (Å²) in [6.45, 7) is 0.689. The van der Waals surface area contributed by atoms with Crippen molar-refractivity contribution in [1.29, 1.82) is 0 Å². The highest BCUT2D eigenvalue weighted by Crippen LogP contribution is 2.15. The summed E-state index contributed by atoms with van der Waals surface area (Å²) in [5.74, 6) is 0.750. The van der Waals surface area contributed by atoms with Gasteiger partial charge in [-0.25, -0.2) is 12.8 Å². The summed E-state index contributed by atoms with van der Waals surface area (Å²) in [6, 6.07) is 9.48.